The highest BCUT2D eigenvalue weighted by Gasteiger charge is 2.18. The molecule has 148 valence electrons. The Balaban J connectivity index is 4.61. The van der Waals surface area contributed by atoms with Crippen LogP contribution in [0.4, 0.5) is 4.79 Å². The minimum atomic E-state index is -0.891. The van der Waals surface area contributed by atoms with Crippen LogP contribution >= 0.6 is 0 Å². The van der Waals surface area contributed by atoms with E-state index in [1.54, 1.807) is 6.08 Å². The van der Waals surface area contributed by atoms with Crippen LogP contribution in [0.5, 0.6) is 0 Å². The summed E-state index contributed by atoms with van der Waals surface area (Å²) in [5, 5.41) is 2.39. The van der Waals surface area contributed by atoms with Gasteiger partial charge in [0, 0.05) is 11.6 Å². The second-order valence-electron chi connectivity index (χ2n) is 5.02. The highest BCUT2D eigenvalue weighted by Crippen LogP contribution is 2.05. The molecule has 0 spiro atoms. The first-order valence-electron chi connectivity index (χ1n) is 7.98. The summed E-state index contributed by atoms with van der Waals surface area (Å²) in [4.78, 5) is 34.2. The molecule has 0 aliphatic heterocycles. The SMILES string of the molecule is C=C/C=C(\C=C)OCC(COC(=O)C(=C)C)OC(=O)NCCOC(=O)C=C. The van der Waals surface area contributed by atoms with Gasteiger partial charge in [-0.2, -0.15) is 0 Å². The van der Waals surface area contributed by atoms with Gasteiger partial charge in [0.05, 0.1) is 6.54 Å². The number of ether oxygens (including phenoxy) is 4. The van der Waals surface area contributed by atoms with Crippen molar-refractivity contribution in [3.05, 3.63) is 62.0 Å². The molecule has 0 radical (unpaired) electrons. The van der Waals surface area contributed by atoms with Crippen LogP contribution in [-0.4, -0.2) is 50.5 Å². The lowest BCUT2D eigenvalue weighted by atomic mass is 10.3. The zero-order valence-corrected chi connectivity index (χ0v) is 15.4. The summed E-state index contributed by atoms with van der Waals surface area (Å²) >= 11 is 0. The summed E-state index contributed by atoms with van der Waals surface area (Å²) in [6.45, 7) is 15.0. The average Bonchev–Trinajstić information content (AvgIpc) is 2.65. The molecular formula is C19H25NO7. The van der Waals surface area contributed by atoms with Crippen molar-refractivity contribution in [2.24, 2.45) is 0 Å². The van der Waals surface area contributed by atoms with Crippen LogP contribution < -0.4 is 5.32 Å². The Morgan fingerprint density at radius 1 is 1.04 bits per heavy atom. The van der Waals surface area contributed by atoms with Gasteiger partial charge in [-0.05, 0) is 19.1 Å². The van der Waals surface area contributed by atoms with Gasteiger partial charge in [-0.25, -0.2) is 14.4 Å². The van der Waals surface area contributed by atoms with E-state index >= 15 is 0 Å². The van der Waals surface area contributed by atoms with Crippen molar-refractivity contribution in [1.82, 2.24) is 5.32 Å². The normalized spacial score (nSPS) is 11.4. The van der Waals surface area contributed by atoms with Crippen LogP contribution in [0, 0.1) is 0 Å². The number of hydrogen-bond acceptors (Lipinski definition) is 7. The van der Waals surface area contributed by atoms with Gasteiger partial charge >= 0.3 is 18.0 Å². The van der Waals surface area contributed by atoms with Gasteiger partial charge in [0.15, 0.2) is 6.10 Å². The minimum Gasteiger partial charge on any atom is -0.490 e. The second kappa shape index (κ2) is 13.9. The standard InChI is InChI=1S/C19H25NO7/c1-6-9-15(7-2)25-12-16(13-26-18(22)14(4)5)27-19(23)20-10-11-24-17(21)8-3/h6-9,16H,1-4,10-13H2,5H3,(H,20,23)/b15-9+. The Morgan fingerprint density at radius 2 is 1.70 bits per heavy atom. The lowest BCUT2D eigenvalue weighted by Gasteiger charge is -2.19. The number of carbonyl (C=O) groups excluding carboxylic acids is 3. The third-order valence-corrected chi connectivity index (χ3v) is 2.72. The smallest absolute Gasteiger partial charge is 0.407 e. The fourth-order valence-electron chi connectivity index (χ4n) is 1.45. The van der Waals surface area contributed by atoms with E-state index in [0.29, 0.717) is 5.76 Å². The quantitative estimate of drug-likeness (QED) is 0.131. The molecule has 0 saturated heterocycles. The number of alkyl carbamates (subject to hydrolysis) is 1. The fourth-order valence-corrected chi connectivity index (χ4v) is 1.45. The Labute approximate surface area is 158 Å². The molecule has 0 rings (SSSR count). The summed E-state index contributed by atoms with van der Waals surface area (Å²) in [5.74, 6) is -0.818. The molecule has 0 saturated carbocycles. The number of carbonyl (C=O) groups is 3. The number of esters is 2. The molecule has 0 aromatic rings. The number of amides is 1. The van der Waals surface area contributed by atoms with Crippen LogP contribution in [0.1, 0.15) is 6.92 Å². The summed E-state index contributed by atoms with van der Waals surface area (Å²) in [7, 11) is 0. The van der Waals surface area contributed by atoms with E-state index in [-0.39, 0.29) is 31.9 Å². The van der Waals surface area contributed by atoms with Crippen molar-refractivity contribution in [3.8, 4) is 0 Å². The van der Waals surface area contributed by atoms with Crippen molar-refractivity contribution in [2.75, 3.05) is 26.4 Å². The highest BCUT2D eigenvalue weighted by atomic mass is 16.6. The van der Waals surface area contributed by atoms with E-state index in [0.717, 1.165) is 6.08 Å². The van der Waals surface area contributed by atoms with Gasteiger partial charge in [0.2, 0.25) is 0 Å². The van der Waals surface area contributed by atoms with Gasteiger partial charge in [0.1, 0.15) is 25.6 Å². The largest absolute Gasteiger partial charge is 0.490 e. The summed E-state index contributed by atoms with van der Waals surface area (Å²) < 4.78 is 20.3. The monoisotopic (exact) mass is 379 g/mol. The summed E-state index contributed by atoms with van der Waals surface area (Å²) in [6, 6.07) is 0. The first-order valence-corrected chi connectivity index (χ1v) is 7.98. The van der Waals surface area contributed by atoms with E-state index in [1.165, 1.54) is 19.1 Å². The maximum absolute atomic E-state index is 11.8. The number of hydrogen-bond donors (Lipinski definition) is 1. The molecule has 0 fully saturated rings. The number of nitrogens with one attached hydrogen (secondary N) is 1. The van der Waals surface area contributed by atoms with E-state index < -0.39 is 24.1 Å². The molecule has 1 N–H and O–H groups in total. The van der Waals surface area contributed by atoms with Crippen LogP contribution in [0.2, 0.25) is 0 Å². The molecule has 1 amide bonds. The Morgan fingerprint density at radius 3 is 2.26 bits per heavy atom. The molecule has 8 nitrogen and oxygen atoms in total. The Hall–Kier alpha value is -3.29. The van der Waals surface area contributed by atoms with Crippen LogP contribution in [-0.2, 0) is 28.5 Å². The zero-order valence-electron chi connectivity index (χ0n) is 15.4. The maximum Gasteiger partial charge on any atom is 0.407 e. The fraction of sp³-hybridized carbons (Fsp3) is 0.316. The maximum atomic E-state index is 11.8. The molecule has 1 unspecified atom stereocenters. The zero-order chi connectivity index (χ0) is 20.7. The topological polar surface area (TPSA) is 100 Å². The predicted molar refractivity (Wildman–Crippen MR) is 99.6 cm³/mol. The third kappa shape index (κ3) is 11.8. The van der Waals surface area contributed by atoms with Crippen LogP contribution in [0.25, 0.3) is 0 Å². The van der Waals surface area contributed by atoms with E-state index in [4.69, 9.17) is 18.9 Å². The molecule has 0 aliphatic rings. The summed E-state index contributed by atoms with van der Waals surface area (Å²) in [6.07, 6.45) is 3.85. The summed E-state index contributed by atoms with van der Waals surface area (Å²) in [5.41, 5.74) is 0.210. The van der Waals surface area contributed by atoms with Crippen molar-refractivity contribution in [3.63, 3.8) is 0 Å². The molecule has 0 bridgehead atoms. The van der Waals surface area contributed by atoms with E-state index in [1.807, 2.05) is 0 Å². The first kappa shape index (κ1) is 23.7. The highest BCUT2D eigenvalue weighted by molar-refractivity contribution is 5.86. The molecule has 1 atom stereocenters. The molecule has 27 heavy (non-hydrogen) atoms. The third-order valence-electron chi connectivity index (χ3n) is 2.72. The lowest BCUT2D eigenvalue weighted by Crippen LogP contribution is -2.36. The van der Waals surface area contributed by atoms with Crippen LogP contribution in [0.3, 0.4) is 0 Å². The Kier molecular flexibility index (Phi) is 12.2. The van der Waals surface area contributed by atoms with Crippen LogP contribution in [0.15, 0.2) is 62.0 Å². The van der Waals surface area contributed by atoms with Gasteiger partial charge < -0.3 is 24.3 Å². The average molecular weight is 379 g/mol. The molecule has 0 aromatic carbocycles. The van der Waals surface area contributed by atoms with Gasteiger partial charge in [-0.1, -0.05) is 32.4 Å². The molecule has 8 heteroatoms. The van der Waals surface area contributed by atoms with Crippen molar-refractivity contribution < 1.29 is 33.3 Å². The van der Waals surface area contributed by atoms with Crippen molar-refractivity contribution in [1.29, 1.82) is 0 Å². The molecule has 0 aliphatic carbocycles. The predicted octanol–water partition coefficient (Wildman–Crippen LogP) is 2.20. The van der Waals surface area contributed by atoms with Gasteiger partial charge in [0.25, 0.3) is 0 Å². The van der Waals surface area contributed by atoms with Crippen molar-refractivity contribution in [2.45, 2.75) is 13.0 Å². The first-order chi connectivity index (χ1) is 12.8. The molecule has 0 aromatic heterocycles. The lowest BCUT2D eigenvalue weighted by molar-refractivity contribution is -0.142. The second-order valence-corrected chi connectivity index (χ2v) is 5.02. The van der Waals surface area contributed by atoms with E-state index in [9.17, 15) is 14.4 Å². The number of allylic oxidation sites excluding steroid dienone is 3. The molecular weight excluding hydrogens is 354 g/mol. The van der Waals surface area contributed by atoms with Crippen molar-refractivity contribution >= 4 is 18.0 Å². The minimum absolute atomic E-state index is 0.0336. The van der Waals surface area contributed by atoms with E-state index in [2.05, 4.69) is 31.6 Å². The van der Waals surface area contributed by atoms with Gasteiger partial charge in [-0.3, -0.25) is 0 Å². The van der Waals surface area contributed by atoms with Gasteiger partial charge in [-0.15, -0.1) is 0 Å². The number of rotatable bonds is 13. The molecule has 0 heterocycles. The Bertz CT molecular complexity index is 607.